The van der Waals surface area contributed by atoms with Crippen molar-refractivity contribution in [2.45, 2.75) is 13.0 Å². The maximum Gasteiger partial charge on any atom is 0.225 e. The normalized spacial score (nSPS) is 10.6. The van der Waals surface area contributed by atoms with Gasteiger partial charge in [0.1, 0.15) is 11.5 Å². The number of thiophene rings is 1. The molecule has 2 aromatic heterocycles. The fourth-order valence-electron chi connectivity index (χ4n) is 2.01. The Kier molecular flexibility index (Phi) is 4.29. The van der Waals surface area contributed by atoms with Crippen molar-refractivity contribution in [1.29, 1.82) is 0 Å². The van der Waals surface area contributed by atoms with Gasteiger partial charge in [0.05, 0.1) is 18.5 Å². The standard InChI is InChI=1S/C16H13FN2O2S/c17-14-6-2-1-5-13(14)15-8-11(19-21-15)10-18-16(20)9-12-4-3-7-22-12/h1-8H,9-10H2,(H,18,20). The number of carbonyl (C=O) groups excluding carboxylic acids is 1. The second-order valence-electron chi connectivity index (χ2n) is 4.70. The first-order valence-corrected chi connectivity index (χ1v) is 7.60. The summed E-state index contributed by atoms with van der Waals surface area (Å²) in [5, 5.41) is 8.55. The van der Waals surface area contributed by atoms with Gasteiger partial charge in [-0.05, 0) is 23.6 Å². The van der Waals surface area contributed by atoms with E-state index in [0.29, 0.717) is 23.4 Å². The number of carbonyl (C=O) groups is 1. The second kappa shape index (κ2) is 6.53. The minimum Gasteiger partial charge on any atom is -0.356 e. The fourth-order valence-corrected chi connectivity index (χ4v) is 2.71. The molecule has 0 saturated heterocycles. The van der Waals surface area contributed by atoms with Gasteiger partial charge in [0.2, 0.25) is 5.91 Å². The Morgan fingerprint density at radius 1 is 1.27 bits per heavy atom. The molecule has 0 spiro atoms. The van der Waals surface area contributed by atoms with Crippen LogP contribution in [-0.4, -0.2) is 11.1 Å². The highest BCUT2D eigenvalue weighted by atomic mass is 32.1. The lowest BCUT2D eigenvalue weighted by Crippen LogP contribution is -2.24. The molecule has 2 heterocycles. The van der Waals surface area contributed by atoms with Crippen molar-refractivity contribution in [3.8, 4) is 11.3 Å². The summed E-state index contributed by atoms with van der Waals surface area (Å²) >= 11 is 1.54. The zero-order chi connectivity index (χ0) is 15.4. The molecular weight excluding hydrogens is 303 g/mol. The van der Waals surface area contributed by atoms with Gasteiger partial charge >= 0.3 is 0 Å². The first-order chi connectivity index (χ1) is 10.7. The monoisotopic (exact) mass is 316 g/mol. The Morgan fingerprint density at radius 2 is 2.14 bits per heavy atom. The molecule has 0 radical (unpaired) electrons. The van der Waals surface area contributed by atoms with Gasteiger partial charge in [0.15, 0.2) is 5.76 Å². The molecule has 3 aromatic rings. The topological polar surface area (TPSA) is 55.1 Å². The predicted molar refractivity (Wildman–Crippen MR) is 81.8 cm³/mol. The van der Waals surface area contributed by atoms with E-state index in [-0.39, 0.29) is 18.3 Å². The Morgan fingerprint density at radius 3 is 2.91 bits per heavy atom. The van der Waals surface area contributed by atoms with E-state index in [4.69, 9.17) is 4.52 Å². The van der Waals surface area contributed by atoms with Gasteiger partial charge in [0.25, 0.3) is 0 Å². The van der Waals surface area contributed by atoms with Gasteiger partial charge in [-0.2, -0.15) is 0 Å². The van der Waals surface area contributed by atoms with Crippen LogP contribution in [0.25, 0.3) is 11.3 Å². The number of amides is 1. The highest BCUT2D eigenvalue weighted by Gasteiger charge is 2.11. The van der Waals surface area contributed by atoms with Gasteiger partial charge in [-0.1, -0.05) is 23.4 Å². The van der Waals surface area contributed by atoms with Crippen LogP contribution in [0.15, 0.2) is 52.4 Å². The van der Waals surface area contributed by atoms with E-state index in [2.05, 4.69) is 10.5 Å². The smallest absolute Gasteiger partial charge is 0.225 e. The first-order valence-electron chi connectivity index (χ1n) is 6.72. The van der Waals surface area contributed by atoms with Crippen molar-refractivity contribution < 1.29 is 13.7 Å². The van der Waals surface area contributed by atoms with Crippen LogP contribution in [0.5, 0.6) is 0 Å². The minimum absolute atomic E-state index is 0.0853. The molecule has 1 N–H and O–H groups in total. The third kappa shape index (κ3) is 3.40. The van der Waals surface area contributed by atoms with Crippen LogP contribution in [0, 0.1) is 5.82 Å². The summed E-state index contributed by atoms with van der Waals surface area (Å²) in [4.78, 5) is 12.8. The lowest BCUT2D eigenvalue weighted by atomic mass is 10.1. The zero-order valence-corrected chi connectivity index (χ0v) is 12.4. The largest absolute Gasteiger partial charge is 0.356 e. The van der Waals surface area contributed by atoms with E-state index in [1.807, 2.05) is 17.5 Å². The van der Waals surface area contributed by atoms with E-state index in [9.17, 15) is 9.18 Å². The van der Waals surface area contributed by atoms with Crippen LogP contribution in [0.2, 0.25) is 0 Å². The summed E-state index contributed by atoms with van der Waals surface area (Å²) < 4.78 is 18.8. The number of benzene rings is 1. The molecule has 0 aliphatic heterocycles. The first kappa shape index (κ1) is 14.5. The molecule has 1 amide bonds. The van der Waals surface area contributed by atoms with Crippen LogP contribution >= 0.6 is 11.3 Å². The van der Waals surface area contributed by atoms with Crippen LogP contribution in [-0.2, 0) is 17.8 Å². The maximum atomic E-state index is 13.7. The Labute approximate surface area is 130 Å². The van der Waals surface area contributed by atoms with Crippen molar-refractivity contribution in [3.63, 3.8) is 0 Å². The van der Waals surface area contributed by atoms with Gasteiger partial charge in [-0.25, -0.2) is 4.39 Å². The lowest BCUT2D eigenvalue weighted by Gasteiger charge is -2.00. The molecule has 1 aromatic carbocycles. The third-order valence-corrected chi connectivity index (χ3v) is 3.96. The minimum atomic E-state index is -0.369. The molecule has 0 aliphatic carbocycles. The molecular formula is C16H13FN2O2S. The Balaban J connectivity index is 1.60. The molecule has 0 bridgehead atoms. The molecule has 0 fully saturated rings. The number of nitrogens with zero attached hydrogens (tertiary/aromatic N) is 1. The molecule has 0 unspecified atom stereocenters. The third-order valence-electron chi connectivity index (χ3n) is 3.08. The van der Waals surface area contributed by atoms with Crippen LogP contribution < -0.4 is 5.32 Å². The highest BCUT2D eigenvalue weighted by molar-refractivity contribution is 7.10. The summed E-state index contributed by atoms with van der Waals surface area (Å²) in [6, 6.07) is 11.8. The van der Waals surface area contributed by atoms with Gasteiger partial charge < -0.3 is 9.84 Å². The van der Waals surface area contributed by atoms with E-state index in [0.717, 1.165) is 4.88 Å². The van der Waals surface area contributed by atoms with Gasteiger partial charge in [0, 0.05) is 10.9 Å². The Bertz CT molecular complexity index is 768. The molecule has 0 saturated carbocycles. The average Bonchev–Trinajstić information content (AvgIpc) is 3.17. The van der Waals surface area contributed by atoms with Crippen molar-refractivity contribution in [2.24, 2.45) is 0 Å². The molecule has 0 aliphatic rings. The molecule has 0 atom stereocenters. The summed E-state index contributed by atoms with van der Waals surface area (Å²) in [7, 11) is 0. The SMILES string of the molecule is O=C(Cc1cccs1)NCc1cc(-c2ccccc2F)on1. The second-order valence-corrected chi connectivity index (χ2v) is 5.73. The van der Waals surface area contributed by atoms with Gasteiger partial charge in [-0.15, -0.1) is 11.3 Å². The van der Waals surface area contributed by atoms with Crippen molar-refractivity contribution in [1.82, 2.24) is 10.5 Å². The zero-order valence-electron chi connectivity index (χ0n) is 11.6. The quantitative estimate of drug-likeness (QED) is 0.785. The molecule has 112 valence electrons. The lowest BCUT2D eigenvalue weighted by molar-refractivity contribution is -0.120. The summed E-state index contributed by atoms with van der Waals surface area (Å²) in [6.45, 7) is 0.252. The Hall–Kier alpha value is -2.47. The molecule has 22 heavy (non-hydrogen) atoms. The van der Waals surface area contributed by atoms with Crippen molar-refractivity contribution >= 4 is 17.2 Å². The molecule has 3 rings (SSSR count). The summed E-state index contributed by atoms with van der Waals surface area (Å²) in [6.07, 6.45) is 0.343. The van der Waals surface area contributed by atoms with Crippen LogP contribution in [0.3, 0.4) is 0 Å². The fraction of sp³-hybridized carbons (Fsp3) is 0.125. The number of halogens is 1. The van der Waals surface area contributed by atoms with Crippen LogP contribution in [0.1, 0.15) is 10.6 Å². The van der Waals surface area contributed by atoms with Crippen molar-refractivity contribution in [2.75, 3.05) is 0 Å². The van der Waals surface area contributed by atoms with E-state index >= 15 is 0 Å². The van der Waals surface area contributed by atoms with E-state index in [1.165, 1.54) is 17.4 Å². The number of hydrogen-bond acceptors (Lipinski definition) is 4. The van der Waals surface area contributed by atoms with E-state index in [1.54, 1.807) is 24.3 Å². The summed E-state index contributed by atoms with van der Waals surface area (Å²) in [5.41, 5.74) is 0.906. The summed E-state index contributed by atoms with van der Waals surface area (Å²) in [5.74, 6) is -0.106. The number of hydrogen-bond donors (Lipinski definition) is 1. The average molecular weight is 316 g/mol. The van der Waals surface area contributed by atoms with E-state index < -0.39 is 0 Å². The predicted octanol–water partition coefficient (Wildman–Crippen LogP) is 3.40. The number of rotatable bonds is 5. The van der Waals surface area contributed by atoms with Crippen molar-refractivity contribution in [3.05, 3.63) is 64.2 Å². The maximum absolute atomic E-state index is 13.7. The molecule has 6 heteroatoms. The van der Waals surface area contributed by atoms with Gasteiger partial charge in [-0.3, -0.25) is 4.79 Å². The number of aromatic nitrogens is 1. The highest BCUT2D eigenvalue weighted by Crippen LogP contribution is 2.23. The number of nitrogens with one attached hydrogen (secondary N) is 1. The molecule has 4 nitrogen and oxygen atoms in total. The van der Waals surface area contributed by atoms with Crippen LogP contribution in [0.4, 0.5) is 4.39 Å².